The maximum Gasteiger partial charge on any atom is 0.226 e. The van der Waals surface area contributed by atoms with Crippen LogP contribution in [-0.4, -0.2) is 16.0 Å². The zero-order valence-corrected chi connectivity index (χ0v) is 17.5. The average molecular weight is 414 g/mol. The van der Waals surface area contributed by atoms with Gasteiger partial charge in [0.25, 0.3) is 0 Å². The van der Waals surface area contributed by atoms with E-state index in [-0.39, 0.29) is 11.3 Å². The third-order valence-corrected chi connectivity index (χ3v) is 4.46. The number of halogens is 1. The van der Waals surface area contributed by atoms with Gasteiger partial charge in [-0.15, -0.1) is 0 Å². The molecule has 1 heterocycles. The number of rotatable bonds is 7. The van der Waals surface area contributed by atoms with Gasteiger partial charge in [-0.25, -0.2) is 0 Å². The summed E-state index contributed by atoms with van der Waals surface area (Å²) < 4.78 is 11.1. The minimum absolute atomic E-state index is 0.115. The summed E-state index contributed by atoms with van der Waals surface area (Å²) in [5.41, 5.74) is 0.426. The van der Waals surface area contributed by atoms with Gasteiger partial charge in [0.2, 0.25) is 11.8 Å². The summed E-state index contributed by atoms with van der Waals surface area (Å²) in [5, 5.41) is 7.39. The lowest BCUT2D eigenvalue weighted by atomic mass is 9.96. The molecule has 0 saturated carbocycles. The Balaban J connectivity index is 1.56. The number of aromatic nitrogens is 2. The number of benzene rings is 2. The molecule has 0 aliphatic rings. The summed E-state index contributed by atoms with van der Waals surface area (Å²) in [7, 11) is 0. The van der Waals surface area contributed by atoms with Gasteiger partial charge < -0.3 is 14.6 Å². The van der Waals surface area contributed by atoms with Gasteiger partial charge in [-0.2, -0.15) is 4.98 Å². The van der Waals surface area contributed by atoms with Crippen LogP contribution in [0, 0.1) is 0 Å². The van der Waals surface area contributed by atoms with Crippen LogP contribution >= 0.6 is 11.6 Å². The van der Waals surface area contributed by atoms with Gasteiger partial charge in [-0.1, -0.05) is 61.8 Å². The minimum atomic E-state index is -0.162. The lowest BCUT2D eigenvalue weighted by molar-refractivity contribution is -0.116. The number of para-hydroxylation sites is 3. The molecule has 3 rings (SSSR count). The molecule has 0 aliphatic carbocycles. The first kappa shape index (κ1) is 20.9. The molecule has 3 aromatic rings. The molecule has 0 atom stereocenters. The molecule has 0 fully saturated rings. The highest BCUT2D eigenvalue weighted by Gasteiger charge is 2.20. The maximum atomic E-state index is 12.4. The van der Waals surface area contributed by atoms with E-state index in [0.717, 1.165) is 0 Å². The summed E-state index contributed by atoms with van der Waals surface area (Å²) in [6.45, 7) is 6.08. The second-order valence-corrected chi connectivity index (χ2v) is 8.10. The van der Waals surface area contributed by atoms with Gasteiger partial charge in [-0.05, 0) is 30.7 Å². The average Bonchev–Trinajstić information content (AvgIpc) is 3.14. The predicted molar refractivity (Wildman–Crippen MR) is 113 cm³/mol. The van der Waals surface area contributed by atoms with Gasteiger partial charge >= 0.3 is 0 Å². The van der Waals surface area contributed by atoms with Crippen LogP contribution in [0.3, 0.4) is 0 Å². The van der Waals surface area contributed by atoms with Crippen molar-refractivity contribution in [2.75, 3.05) is 5.32 Å². The van der Waals surface area contributed by atoms with Crippen LogP contribution in [0.2, 0.25) is 5.02 Å². The first-order valence-electron chi connectivity index (χ1n) is 9.47. The minimum Gasteiger partial charge on any atom is -0.454 e. The molecule has 0 saturated heterocycles. The summed E-state index contributed by atoms with van der Waals surface area (Å²) >= 11 is 6.16. The quantitative estimate of drug-likeness (QED) is 0.531. The Kier molecular flexibility index (Phi) is 6.54. The molecule has 0 spiro atoms. The fourth-order valence-electron chi connectivity index (χ4n) is 2.58. The van der Waals surface area contributed by atoms with E-state index in [0.29, 0.717) is 53.2 Å². The number of amides is 1. The van der Waals surface area contributed by atoms with E-state index in [1.165, 1.54) is 0 Å². The summed E-state index contributed by atoms with van der Waals surface area (Å²) in [6, 6.07) is 14.4. The number of anilines is 1. The maximum absolute atomic E-state index is 12.4. The summed E-state index contributed by atoms with van der Waals surface area (Å²) in [5.74, 6) is 2.16. The fourth-order valence-corrected chi connectivity index (χ4v) is 2.75. The molecular formula is C22H24ClN3O3. The number of aryl methyl sites for hydroxylation is 1. The van der Waals surface area contributed by atoms with E-state index in [1.807, 2.05) is 45.0 Å². The smallest absolute Gasteiger partial charge is 0.226 e. The van der Waals surface area contributed by atoms with Crippen molar-refractivity contribution in [1.29, 1.82) is 0 Å². The van der Waals surface area contributed by atoms with Crippen LogP contribution < -0.4 is 10.1 Å². The first-order chi connectivity index (χ1) is 13.8. The fraction of sp³-hybridized carbons (Fsp3) is 0.318. The van der Waals surface area contributed by atoms with Crippen LogP contribution in [0.15, 0.2) is 53.1 Å². The molecule has 0 unspecified atom stereocenters. The van der Waals surface area contributed by atoms with Crippen molar-refractivity contribution in [2.24, 2.45) is 0 Å². The lowest BCUT2D eigenvalue weighted by Gasteiger charge is -2.13. The normalized spacial score (nSPS) is 11.3. The number of nitrogens with zero attached hydrogens (tertiary/aromatic N) is 2. The molecule has 6 nitrogen and oxygen atoms in total. The van der Waals surface area contributed by atoms with E-state index in [4.69, 9.17) is 20.9 Å². The Bertz CT molecular complexity index is 979. The van der Waals surface area contributed by atoms with Gasteiger partial charge in [0, 0.05) is 18.3 Å². The molecule has 29 heavy (non-hydrogen) atoms. The van der Waals surface area contributed by atoms with E-state index in [2.05, 4.69) is 15.5 Å². The summed E-state index contributed by atoms with van der Waals surface area (Å²) in [6.07, 6.45) is 1.48. The zero-order chi connectivity index (χ0) is 20.9. The van der Waals surface area contributed by atoms with Gasteiger partial charge in [0.15, 0.2) is 11.6 Å². The van der Waals surface area contributed by atoms with Crippen molar-refractivity contribution in [2.45, 2.75) is 45.4 Å². The van der Waals surface area contributed by atoms with Crippen molar-refractivity contribution >= 4 is 23.2 Å². The largest absolute Gasteiger partial charge is 0.454 e. The van der Waals surface area contributed by atoms with Crippen LogP contribution in [0.5, 0.6) is 11.5 Å². The van der Waals surface area contributed by atoms with E-state index in [9.17, 15) is 4.79 Å². The molecule has 1 aromatic heterocycles. The third-order valence-electron chi connectivity index (χ3n) is 4.15. The van der Waals surface area contributed by atoms with Crippen molar-refractivity contribution < 1.29 is 14.1 Å². The lowest BCUT2D eigenvalue weighted by Crippen LogP contribution is -2.13. The third kappa shape index (κ3) is 5.81. The Hall–Kier alpha value is -2.86. The Morgan fingerprint density at radius 3 is 2.48 bits per heavy atom. The monoisotopic (exact) mass is 413 g/mol. The van der Waals surface area contributed by atoms with Crippen molar-refractivity contribution in [3.8, 4) is 11.5 Å². The molecule has 0 aliphatic heterocycles. The molecule has 152 valence electrons. The molecule has 0 bridgehead atoms. The van der Waals surface area contributed by atoms with Crippen molar-refractivity contribution in [3.63, 3.8) is 0 Å². The zero-order valence-electron chi connectivity index (χ0n) is 16.7. The van der Waals surface area contributed by atoms with Crippen molar-refractivity contribution in [3.05, 3.63) is 65.3 Å². The second kappa shape index (κ2) is 9.09. The topological polar surface area (TPSA) is 77.2 Å². The molecule has 1 N–H and O–H groups in total. The number of ether oxygens (including phenoxy) is 1. The first-order valence-corrected chi connectivity index (χ1v) is 9.85. The van der Waals surface area contributed by atoms with Crippen LogP contribution in [0.1, 0.15) is 45.3 Å². The van der Waals surface area contributed by atoms with Crippen molar-refractivity contribution in [1.82, 2.24) is 10.1 Å². The molecule has 0 radical (unpaired) electrons. The van der Waals surface area contributed by atoms with E-state index in [1.54, 1.807) is 24.3 Å². The van der Waals surface area contributed by atoms with E-state index >= 15 is 0 Å². The van der Waals surface area contributed by atoms with Gasteiger partial charge in [0.1, 0.15) is 5.75 Å². The van der Waals surface area contributed by atoms with E-state index < -0.39 is 0 Å². The van der Waals surface area contributed by atoms with Crippen LogP contribution in [0.25, 0.3) is 0 Å². The number of nitrogens with one attached hydrogen (secondary N) is 1. The Morgan fingerprint density at radius 1 is 1.10 bits per heavy atom. The highest BCUT2D eigenvalue weighted by atomic mass is 35.5. The molecule has 1 amide bonds. The van der Waals surface area contributed by atoms with Crippen LogP contribution in [-0.2, 0) is 16.6 Å². The Labute approximate surface area is 175 Å². The van der Waals surface area contributed by atoms with Crippen LogP contribution in [0.4, 0.5) is 5.69 Å². The Morgan fingerprint density at radius 2 is 1.79 bits per heavy atom. The molecule has 7 heteroatoms. The summed E-state index contributed by atoms with van der Waals surface area (Å²) in [4.78, 5) is 16.8. The highest BCUT2D eigenvalue weighted by Crippen LogP contribution is 2.33. The number of hydrogen-bond acceptors (Lipinski definition) is 5. The number of carbonyl (C=O) groups is 1. The second-order valence-electron chi connectivity index (χ2n) is 7.69. The standard InChI is InChI=1S/C22H24ClN3O3/c1-22(2,3)21-25-20(29-26-21)14-8-13-19(27)24-16-10-5-7-12-18(16)28-17-11-6-4-9-15(17)23/h4-7,9-12H,8,13-14H2,1-3H3,(H,24,27). The molecular weight excluding hydrogens is 390 g/mol. The highest BCUT2D eigenvalue weighted by molar-refractivity contribution is 6.32. The van der Waals surface area contributed by atoms with Gasteiger partial charge in [-0.3, -0.25) is 4.79 Å². The van der Waals surface area contributed by atoms with Gasteiger partial charge in [0.05, 0.1) is 10.7 Å². The predicted octanol–water partition coefficient (Wildman–Crippen LogP) is 5.77. The SMILES string of the molecule is CC(C)(C)c1noc(CCCC(=O)Nc2ccccc2Oc2ccccc2Cl)n1. The molecule has 2 aromatic carbocycles. The number of carbonyl (C=O) groups excluding carboxylic acids is 1. The number of hydrogen-bond donors (Lipinski definition) is 1.